The van der Waals surface area contributed by atoms with Crippen LogP contribution in [0, 0.1) is 21.7 Å². The van der Waals surface area contributed by atoms with Gasteiger partial charge in [0.25, 0.3) is 5.69 Å². The van der Waals surface area contributed by atoms with Gasteiger partial charge in [0.1, 0.15) is 18.2 Å². The molecule has 1 amide bonds. The number of alkyl halides is 3. The number of oxazole rings is 1. The van der Waals surface area contributed by atoms with Crippen molar-refractivity contribution < 1.29 is 36.1 Å². The molecule has 1 heterocycles. The SMILES string of the molecule is O=C(CCc1ncc(-c2ccc(F)cc2F)o1)N(Cc1ccccc1[N+](=O)[O-])CC(F)(F)F. The largest absolute Gasteiger partial charge is 0.441 e. The standard InChI is InChI=1S/C21H16F5N3O4/c22-14-5-6-15(16(23)9-14)18-10-27-19(33-18)7-8-20(30)28(12-21(24,25)26)11-13-3-1-2-4-17(13)29(31)32/h1-6,9-10H,7-8,11-12H2. The first-order valence-electron chi connectivity index (χ1n) is 9.50. The van der Waals surface area contributed by atoms with Crippen LogP contribution in [0.2, 0.25) is 0 Å². The van der Waals surface area contributed by atoms with E-state index in [9.17, 15) is 36.9 Å². The highest BCUT2D eigenvalue weighted by Gasteiger charge is 2.34. The molecule has 3 rings (SSSR count). The van der Waals surface area contributed by atoms with Gasteiger partial charge in [0, 0.05) is 30.5 Å². The Bertz CT molecular complexity index is 1160. The monoisotopic (exact) mass is 469 g/mol. The van der Waals surface area contributed by atoms with Crippen molar-refractivity contribution in [3.8, 4) is 11.3 Å². The van der Waals surface area contributed by atoms with Crippen LogP contribution in [-0.4, -0.2) is 33.4 Å². The molecule has 1 aromatic heterocycles. The molecule has 12 heteroatoms. The lowest BCUT2D eigenvalue weighted by atomic mass is 10.1. The molecule has 0 radical (unpaired) electrons. The van der Waals surface area contributed by atoms with Gasteiger partial charge in [-0.25, -0.2) is 13.8 Å². The van der Waals surface area contributed by atoms with Gasteiger partial charge in [0.2, 0.25) is 5.91 Å². The number of hydrogen-bond donors (Lipinski definition) is 0. The highest BCUT2D eigenvalue weighted by Crippen LogP contribution is 2.26. The number of halogens is 5. The quantitative estimate of drug-likeness (QED) is 0.262. The van der Waals surface area contributed by atoms with Crippen LogP contribution >= 0.6 is 0 Å². The van der Waals surface area contributed by atoms with Gasteiger partial charge in [-0.3, -0.25) is 14.9 Å². The zero-order valence-corrected chi connectivity index (χ0v) is 16.8. The molecule has 0 saturated heterocycles. The number of benzene rings is 2. The molecule has 0 spiro atoms. The number of aryl methyl sites for hydroxylation is 1. The van der Waals surface area contributed by atoms with Crippen molar-refractivity contribution in [3.63, 3.8) is 0 Å². The van der Waals surface area contributed by atoms with Gasteiger partial charge in [0.05, 0.1) is 23.2 Å². The van der Waals surface area contributed by atoms with E-state index in [0.717, 1.165) is 24.4 Å². The third kappa shape index (κ3) is 6.34. The van der Waals surface area contributed by atoms with Crippen molar-refractivity contribution in [2.45, 2.75) is 25.6 Å². The summed E-state index contributed by atoms with van der Waals surface area (Å²) < 4.78 is 71.3. The summed E-state index contributed by atoms with van der Waals surface area (Å²) in [6, 6.07) is 7.99. The van der Waals surface area contributed by atoms with Gasteiger partial charge < -0.3 is 9.32 Å². The van der Waals surface area contributed by atoms with Crippen LogP contribution in [0.15, 0.2) is 53.1 Å². The Morgan fingerprint density at radius 1 is 1.15 bits per heavy atom. The maximum Gasteiger partial charge on any atom is 0.406 e. The van der Waals surface area contributed by atoms with E-state index >= 15 is 0 Å². The summed E-state index contributed by atoms with van der Waals surface area (Å²) in [7, 11) is 0. The number of nitro groups is 1. The zero-order valence-electron chi connectivity index (χ0n) is 16.8. The van der Waals surface area contributed by atoms with Crippen LogP contribution in [0.1, 0.15) is 17.9 Å². The topological polar surface area (TPSA) is 89.5 Å². The normalized spacial score (nSPS) is 11.4. The Hall–Kier alpha value is -3.83. The van der Waals surface area contributed by atoms with Crippen molar-refractivity contribution in [3.05, 3.63) is 81.9 Å². The number of hydrogen-bond acceptors (Lipinski definition) is 5. The number of amides is 1. The number of carbonyl (C=O) groups excluding carboxylic acids is 1. The molecule has 0 atom stereocenters. The van der Waals surface area contributed by atoms with E-state index in [2.05, 4.69) is 4.98 Å². The maximum absolute atomic E-state index is 13.9. The van der Waals surface area contributed by atoms with Crippen molar-refractivity contribution >= 4 is 11.6 Å². The second kappa shape index (κ2) is 9.76. The van der Waals surface area contributed by atoms with Crippen molar-refractivity contribution in [2.24, 2.45) is 0 Å². The summed E-state index contributed by atoms with van der Waals surface area (Å²) >= 11 is 0. The average molecular weight is 469 g/mol. The molecule has 0 bridgehead atoms. The fourth-order valence-corrected chi connectivity index (χ4v) is 3.09. The smallest absolute Gasteiger partial charge is 0.406 e. The minimum absolute atomic E-state index is 0.0398. The van der Waals surface area contributed by atoms with Crippen molar-refractivity contribution in [2.75, 3.05) is 6.54 Å². The minimum atomic E-state index is -4.73. The maximum atomic E-state index is 13.9. The lowest BCUT2D eigenvalue weighted by Gasteiger charge is -2.24. The first-order chi connectivity index (χ1) is 15.5. The predicted molar refractivity (Wildman–Crippen MR) is 105 cm³/mol. The molecule has 0 saturated carbocycles. The molecule has 7 nitrogen and oxygen atoms in total. The summed E-state index contributed by atoms with van der Waals surface area (Å²) in [6.45, 7) is -2.22. The number of nitro benzene ring substituents is 1. The first-order valence-corrected chi connectivity index (χ1v) is 9.50. The Balaban J connectivity index is 1.73. The molecule has 33 heavy (non-hydrogen) atoms. The second-order valence-corrected chi connectivity index (χ2v) is 6.99. The van der Waals surface area contributed by atoms with Crippen LogP contribution in [0.4, 0.5) is 27.6 Å². The molecule has 174 valence electrons. The Morgan fingerprint density at radius 2 is 1.88 bits per heavy atom. The first kappa shape index (κ1) is 23.8. The van der Waals surface area contributed by atoms with E-state index in [1.807, 2.05) is 0 Å². The average Bonchev–Trinajstić information content (AvgIpc) is 3.19. The highest BCUT2D eigenvalue weighted by atomic mass is 19.4. The van der Waals surface area contributed by atoms with Crippen LogP contribution < -0.4 is 0 Å². The van der Waals surface area contributed by atoms with Crippen molar-refractivity contribution in [1.29, 1.82) is 0 Å². The molecule has 0 N–H and O–H groups in total. The molecule has 0 aliphatic carbocycles. The Labute approximate surface area is 183 Å². The van der Waals surface area contributed by atoms with Gasteiger partial charge >= 0.3 is 6.18 Å². The van der Waals surface area contributed by atoms with E-state index in [0.29, 0.717) is 11.0 Å². The third-order valence-corrected chi connectivity index (χ3v) is 4.58. The number of aromatic nitrogens is 1. The number of rotatable bonds is 8. The Kier molecular flexibility index (Phi) is 7.04. The van der Waals surface area contributed by atoms with Crippen LogP contribution in [0.25, 0.3) is 11.3 Å². The molecule has 0 aliphatic heterocycles. The molecular weight excluding hydrogens is 453 g/mol. The molecule has 2 aromatic carbocycles. The molecule has 0 fully saturated rings. The fraction of sp³-hybridized carbons (Fsp3) is 0.238. The van der Waals surface area contributed by atoms with Gasteiger partial charge in [-0.2, -0.15) is 13.2 Å². The van der Waals surface area contributed by atoms with Crippen LogP contribution in [0.3, 0.4) is 0 Å². The van der Waals surface area contributed by atoms with Crippen LogP contribution in [0.5, 0.6) is 0 Å². The van der Waals surface area contributed by atoms with Gasteiger partial charge in [-0.1, -0.05) is 18.2 Å². The van der Waals surface area contributed by atoms with E-state index in [1.54, 1.807) is 0 Å². The van der Waals surface area contributed by atoms with E-state index < -0.39 is 53.8 Å². The van der Waals surface area contributed by atoms with E-state index in [1.165, 1.54) is 18.2 Å². The number of para-hydroxylation sites is 1. The molecule has 0 aliphatic rings. The summed E-state index contributed by atoms with van der Waals surface area (Å²) in [5, 5.41) is 11.1. The highest BCUT2D eigenvalue weighted by molar-refractivity contribution is 5.76. The lowest BCUT2D eigenvalue weighted by Crippen LogP contribution is -2.38. The van der Waals surface area contributed by atoms with E-state index in [4.69, 9.17) is 4.42 Å². The minimum Gasteiger partial charge on any atom is -0.441 e. The third-order valence-electron chi connectivity index (χ3n) is 4.58. The zero-order chi connectivity index (χ0) is 24.2. The predicted octanol–water partition coefficient (Wildman–Crippen LogP) is 5.05. The second-order valence-electron chi connectivity index (χ2n) is 6.99. The molecule has 0 unspecified atom stereocenters. The van der Waals surface area contributed by atoms with E-state index in [-0.39, 0.29) is 29.2 Å². The van der Waals surface area contributed by atoms with Gasteiger partial charge in [-0.05, 0) is 12.1 Å². The van der Waals surface area contributed by atoms with Crippen LogP contribution in [-0.2, 0) is 17.8 Å². The van der Waals surface area contributed by atoms with Crippen molar-refractivity contribution in [1.82, 2.24) is 9.88 Å². The lowest BCUT2D eigenvalue weighted by molar-refractivity contribution is -0.385. The number of nitrogens with zero attached hydrogens (tertiary/aromatic N) is 3. The summed E-state index contributed by atoms with van der Waals surface area (Å²) in [4.78, 5) is 27.3. The fourth-order valence-electron chi connectivity index (χ4n) is 3.09. The summed E-state index contributed by atoms with van der Waals surface area (Å²) in [5.74, 6) is -2.69. The molecule has 3 aromatic rings. The Morgan fingerprint density at radius 3 is 2.55 bits per heavy atom. The van der Waals surface area contributed by atoms with Gasteiger partial charge in [-0.15, -0.1) is 0 Å². The number of carbonyl (C=O) groups is 1. The summed E-state index contributed by atoms with van der Waals surface area (Å²) in [5.41, 5.74) is -0.530. The summed E-state index contributed by atoms with van der Waals surface area (Å²) in [6.07, 6.45) is -4.22. The molecular formula is C21H16F5N3O4. The van der Waals surface area contributed by atoms with Gasteiger partial charge in [0.15, 0.2) is 11.7 Å².